The fourth-order valence-corrected chi connectivity index (χ4v) is 5.86. The number of allylic oxidation sites excluding steroid dienone is 4. The Hall–Kier alpha value is -3.76. The molecule has 3 heterocycles. The predicted octanol–water partition coefficient (Wildman–Crippen LogP) is 5.43. The number of carbonyl (C=O) groups is 1. The summed E-state index contributed by atoms with van der Waals surface area (Å²) < 4.78 is 33.1. The Morgan fingerprint density at radius 2 is 1.90 bits per heavy atom. The molecule has 0 saturated carbocycles. The van der Waals surface area contributed by atoms with E-state index in [2.05, 4.69) is 43.7 Å². The fourth-order valence-electron chi connectivity index (χ4n) is 5.86. The van der Waals surface area contributed by atoms with Gasteiger partial charge in [-0.25, -0.2) is 8.78 Å². The van der Waals surface area contributed by atoms with Gasteiger partial charge in [0.2, 0.25) is 0 Å². The van der Waals surface area contributed by atoms with Crippen molar-refractivity contribution in [2.75, 3.05) is 62.0 Å². The van der Waals surface area contributed by atoms with Gasteiger partial charge in [-0.05, 0) is 74.2 Å². The van der Waals surface area contributed by atoms with E-state index in [1.54, 1.807) is 0 Å². The molecule has 1 unspecified atom stereocenters. The van der Waals surface area contributed by atoms with E-state index in [1.807, 2.05) is 30.3 Å². The molecule has 1 atom stereocenters. The van der Waals surface area contributed by atoms with Crippen LogP contribution in [0.2, 0.25) is 0 Å². The molecule has 10 heteroatoms. The zero-order valence-corrected chi connectivity index (χ0v) is 23.3. The highest BCUT2D eigenvalue weighted by Gasteiger charge is 2.22. The van der Waals surface area contributed by atoms with E-state index in [0.29, 0.717) is 31.0 Å². The zero-order valence-electron chi connectivity index (χ0n) is 23.3. The average molecular weight is 563 g/mol. The van der Waals surface area contributed by atoms with Crippen molar-refractivity contribution in [1.29, 1.82) is 0 Å². The van der Waals surface area contributed by atoms with E-state index < -0.39 is 11.7 Å². The topological polar surface area (TPSA) is 85.5 Å². The van der Waals surface area contributed by atoms with Crippen LogP contribution in [-0.2, 0) is 11.2 Å². The van der Waals surface area contributed by atoms with Crippen LogP contribution in [0, 0.1) is 5.92 Å². The number of benzene rings is 2. The van der Waals surface area contributed by atoms with Crippen LogP contribution in [0.1, 0.15) is 35.2 Å². The van der Waals surface area contributed by atoms with Gasteiger partial charge < -0.3 is 25.2 Å². The summed E-state index contributed by atoms with van der Waals surface area (Å²) in [5.74, 6) is -1.09. The van der Waals surface area contributed by atoms with Gasteiger partial charge >= 0.3 is 0 Å². The number of hydrogen-bond donors (Lipinski definition) is 3. The summed E-state index contributed by atoms with van der Waals surface area (Å²) in [6, 6.07) is 11.9. The van der Waals surface area contributed by atoms with Crippen molar-refractivity contribution < 1.29 is 18.3 Å². The van der Waals surface area contributed by atoms with E-state index in [1.165, 1.54) is 6.08 Å². The molecule has 2 aromatic carbocycles. The van der Waals surface area contributed by atoms with E-state index in [9.17, 15) is 13.6 Å². The summed E-state index contributed by atoms with van der Waals surface area (Å²) in [5.41, 5.74) is 4.13. The number of piperazine rings is 1. The Labute approximate surface area is 238 Å². The van der Waals surface area contributed by atoms with Gasteiger partial charge in [-0.3, -0.25) is 9.89 Å². The van der Waals surface area contributed by atoms with Crippen LogP contribution in [0.4, 0.5) is 26.0 Å². The minimum Gasteiger partial charge on any atom is -0.381 e. The minimum atomic E-state index is -0.542. The lowest BCUT2D eigenvalue weighted by Gasteiger charge is -2.34. The summed E-state index contributed by atoms with van der Waals surface area (Å²) in [7, 11) is 2.13. The van der Waals surface area contributed by atoms with E-state index in [0.717, 1.165) is 72.9 Å². The molecule has 1 aliphatic carbocycles. The van der Waals surface area contributed by atoms with Crippen LogP contribution in [0.15, 0.2) is 60.2 Å². The van der Waals surface area contributed by atoms with Gasteiger partial charge in [0.25, 0.3) is 5.91 Å². The quantitative estimate of drug-likeness (QED) is 0.356. The molecule has 0 bridgehead atoms. The number of amides is 1. The molecule has 2 fully saturated rings. The van der Waals surface area contributed by atoms with E-state index >= 15 is 0 Å². The van der Waals surface area contributed by atoms with Gasteiger partial charge in [0.05, 0.1) is 11.1 Å². The lowest BCUT2D eigenvalue weighted by atomic mass is 9.92. The summed E-state index contributed by atoms with van der Waals surface area (Å²) in [5, 5.41) is 14.7. The van der Waals surface area contributed by atoms with Crippen molar-refractivity contribution in [3.05, 3.63) is 71.3 Å². The van der Waals surface area contributed by atoms with Crippen LogP contribution in [0.5, 0.6) is 0 Å². The number of likely N-dealkylation sites (N-methyl/N-ethyl adjacent to an activating group) is 1. The molecule has 41 heavy (non-hydrogen) atoms. The number of aromatic amines is 1. The Balaban J connectivity index is 1.23. The summed E-state index contributed by atoms with van der Waals surface area (Å²) in [6.45, 7) is 5.27. The van der Waals surface area contributed by atoms with Crippen molar-refractivity contribution in [3.63, 3.8) is 0 Å². The molecule has 1 amide bonds. The third-order valence-electron chi connectivity index (χ3n) is 8.20. The highest BCUT2D eigenvalue weighted by molar-refractivity contribution is 6.11. The molecule has 216 valence electrons. The number of ether oxygens (including phenoxy) is 1. The number of nitrogens with one attached hydrogen (secondary N) is 3. The van der Waals surface area contributed by atoms with Crippen molar-refractivity contribution in [3.8, 4) is 0 Å². The highest BCUT2D eigenvalue weighted by atomic mass is 19.1. The first-order valence-electron chi connectivity index (χ1n) is 14.3. The monoisotopic (exact) mass is 562 g/mol. The number of carbonyl (C=O) groups excluding carboxylic acids is 1. The maximum absolute atomic E-state index is 13.8. The molecular weight excluding hydrogens is 526 g/mol. The largest absolute Gasteiger partial charge is 0.381 e. The molecule has 3 aliphatic rings. The second-order valence-corrected chi connectivity index (χ2v) is 11.3. The number of fused-ring (bicyclic) bond motifs is 1. The number of aromatic nitrogens is 2. The van der Waals surface area contributed by atoms with E-state index in [4.69, 9.17) is 4.74 Å². The Kier molecular flexibility index (Phi) is 8.02. The van der Waals surface area contributed by atoms with Crippen LogP contribution in [0.3, 0.4) is 0 Å². The zero-order chi connectivity index (χ0) is 28.3. The molecule has 6 rings (SSSR count). The number of rotatable bonds is 7. The molecule has 3 N–H and O–H groups in total. The molecular formula is C31H36F2N6O2. The fraction of sp³-hybridized carbons (Fsp3) is 0.419. The summed E-state index contributed by atoms with van der Waals surface area (Å²) in [6.07, 6.45) is 4.82. The number of halogens is 2. The Morgan fingerprint density at radius 1 is 1.10 bits per heavy atom. The molecule has 0 spiro atoms. The van der Waals surface area contributed by atoms with Gasteiger partial charge in [-0.15, -0.1) is 0 Å². The first kappa shape index (κ1) is 27.4. The van der Waals surface area contributed by atoms with Gasteiger partial charge in [0.1, 0.15) is 11.7 Å². The average Bonchev–Trinajstić information content (AvgIpc) is 3.35. The lowest BCUT2D eigenvalue weighted by Crippen LogP contribution is -2.44. The highest BCUT2D eigenvalue weighted by Crippen LogP contribution is 2.31. The van der Waals surface area contributed by atoms with Crippen molar-refractivity contribution in [2.45, 2.75) is 31.7 Å². The molecule has 2 aliphatic heterocycles. The third-order valence-corrected chi connectivity index (χ3v) is 8.20. The van der Waals surface area contributed by atoms with Crippen molar-refractivity contribution in [1.82, 2.24) is 15.1 Å². The molecule has 8 nitrogen and oxygen atoms in total. The standard InChI is InChI=1S/C31H36F2N6O2/c1-38-8-10-39(11-9-38)25-3-4-26(29(19-25)34-24-6-12-41-13-7-24)31(40)35-30-27-17-20(2-5-28(27)36-37-30)14-21-15-22(32)18-23(33)16-21/h2-5,15,17-19,21,24,34H,6-14,16H2,1H3,(H2,35,36,37,40). The van der Waals surface area contributed by atoms with Crippen LogP contribution in [-0.4, -0.2) is 73.5 Å². The SMILES string of the molecule is CN1CCN(c2ccc(C(=O)Nc3n[nH]c4ccc(CC5C=C(F)C=C(F)C5)cc34)c(NC3CCOCC3)c2)CC1. The smallest absolute Gasteiger partial charge is 0.258 e. The van der Waals surface area contributed by atoms with Gasteiger partial charge in [-0.2, -0.15) is 5.10 Å². The molecule has 2 saturated heterocycles. The first-order valence-corrected chi connectivity index (χ1v) is 14.3. The van der Waals surface area contributed by atoms with Crippen molar-refractivity contribution >= 4 is 34.0 Å². The maximum Gasteiger partial charge on any atom is 0.258 e. The number of nitrogens with zero attached hydrogens (tertiary/aromatic N) is 3. The van der Waals surface area contributed by atoms with Crippen LogP contribution in [0.25, 0.3) is 10.9 Å². The molecule has 0 radical (unpaired) electrons. The number of anilines is 3. The third kappa shape index (κ3) is 6.44. The first-order chi connectivity index (χ1) is 19.9. The second kappa shape index (κ2) is 12.0. The minimum absolute atomic E-state index is 0.174. The lowest BCUT2D eigenvalue weighted by molar-refractivity contribution is 0.0904. The van der Waals surface area contributed by atoms with Gasteiger partial charge in [0.15, 0.2) is 5.82 Å². The predicted molar refractivity (Wildman–Crippen MR) is 158 cm³/mol. The number of H-pyrrole nitrogens is 1. The Morgan fingerprint density at radius 3 is 2.68 bits per heavy atom. The normalized spacial score (nSPS) is 20.6. The van der Waals surface area contributed by atoms with E-state index in [-0.39, 0.29) is 24.3 Å². The van der Waals surface area contributed by atoms with Crippen molar-refractivity contribution in [2.24, 2.45) is 5.92 Å². The summed E-state index contributed by atoms with van der Waals surface area (Å²) >= 11 is 0. The summed E-state index contributed by atoms with van der Waals surface area (Å²) in [4.78, 5) is 18.3. The molecule has 3 aromatic rings. The van der Waals surface area contributed by atoms with Crippen LogP contribution < -0.4 is 15.5 Å². The molecule has 1 aromatic heterocycles. The second-order valence-electron chi connectivity index (χ2n) is 11.3. The number of hydrogen-bond acceptors (Lipinski definition) is 6. The van der Waals surface area contributed by atoms with Gasteiger partial charge in [-0.1, -0.05) is 6.07 Å². The maximum atomic E-state index is 13.8. The van der Waals surface area contributed by atoms with Crippen LogP contribution >= 0.6 is 0 Å². The van der Waals surface area contributed by atoms with Gasteiger partial charge in [0, 0.05) is 74.7 Å². The Bertz CT molecular complexity index is 1470.